The summed E-state index contributed by atoms with van der Waals surface area (Å²) in [4.78, 5) is 4.23. The number of hydrogen-bond donors (Lipinski definition) is 2. The summed E-state index contributed by atoms with van der Waals surface area (Å²) in [5, 5.41) is 3.16. The molecule has 3 N–H and O–H groups in total. The van der Waals surface area contributed by atoms with Gasteiger partial charge in [-0.1, -0.05) is 0 Å². The first-order valence-electron chi connectivity index (χ1n) is 3.43. The molecule has 0 aromatic heterocycles. The molecular formula is C7H13N3. The first-order valence-corrected chi connectivity index (χ1v) is 3.43. The fraction of sp³-hybridized carbons (Fsp3) is 0.571. The normalized spacial score (nSPS) is 19.6. The Morgan fingerprint density at radius 3 is 2.90 bits per heavy atom. The predicted molar refractivity (Wildman–Crippen MR) is 42.9 cm³/mol. The summed E-state index contributed by atoms with van der Waals surface area (Å²) in [5.41, 5.74) is 8.48. The molecule has 0 radical (unpaired) electrons. The monoisotopic (exact) mass is 139 g/mol. The second kappa shape index (κ2) is 2.73. The molecule has 1 rings (SSSR count). The second-order valence-electron chi connectivity index (χ2n) is 2.43. The van der Waals surface area contributed by atoms with E-state index in [0.29, 0.717) is 0 Å². The molecule has 0 bridgehead atoms. The van der Waals surface area contributed by atoms with Crippen molar-refractivity contribution in [3.05, 3.63) is 11.4 Å². The SMILES string of the molecule is CC1=NCCNC(C)=C1N. The molecule has 10 heavy (non-hydrogen) atoms. The van der Waals surface area contributed by atoms with Crippen molar-refractivity contribution >= 4 is 5.71 Å². The van der Waals surface area contributed by atoms with E-state index >= 15 is 0 Å². The van der Waals surface area contributed by atoms with Crippen molar-refractivity contribution in [1.29, 1.82) is 0 Å². The number of hydrogen-bond acceptors (Lipinski definition) is 3. The van der Waals surface area contributed by atoms with Crippen LogP contribution in [0.15, 0.2) is 16.4 Å². The molecule has 0 saturated carbocycles. The quantitative estimate of drug-likeness (QED) is 0.505. The van der Waals surface area contributed by atoms with Crippen LogP contribution in [0, 0.1) is 0 Å². The van der Waals surface area contributed by atoms with Crippen molar-refractivity contribution in [2.24, 2.45) is 10.7 Å². The van der Waals surface area contributed by atoms with Gasteiger partial charge in [0.25, 0.3) is 0 Å². The van der Waals surface area contributed by atoms with Gasteiger partial charge in [0.05, 0.1) is 18.0 Å². The zero-order valence-electron chi connectivity index (χ0n) is 6.44. The lowest BCUT2D eigenvalue weighted by atomic mass is 10.2. The van der Waals surface area contributed by atoms with Crippen LogP contribution in [0.25, 0.3) is 0 Å². The summed E-state index contributed by atoms with van der Waals surface area (Å²) in [6.07, 6.45) is 0. The summed E-state index contributed by atoms with van der Waals surface area (Å²) in [6.45, 7) is 5.62. The van der Waals surface area contributed by atoms with Crippen LogP contribution in [-0.4, -0.2) is 18.8 Å². The lowest BCUT2D eigenvalue weighted by Gasteiger charge is -2.03. The average Bonchev–Trinajstić information content (AvgIpc) is 2.04. The van der Waals surface area contributed by atoms with Crippen LogP contribution in [0.3, 0.4) is 0 Å². The molecule has 0 aromatic rings. The number of aliphatic imine (C=N–C) groups is 1. The summed E-state index contributed by atoms with van der Waals surface area (Å²) in [7, 11) is 0. The second-order valence-corrected chi connectivity index (χ2v) is 2.43. The van der Waals surface area contributed by atoms with Crippen molar-refractivity contribution in [2.45, 2.75) is 13.8 Å². The minimum absolute atomic E-state index is 0.789. The molecule has 0 saturated heterocycles. The highest BCUT2D eigenvalue weighted by molar-refractivity contribution is 5.98. The molecule has 0 aliphatic carbocycles. The number of nitrogens with one attached hydrogen (secondary N) is 1. The maximum Gasteiger partial charge on any atom is 0.0715 e. The molecule has 3 heteroatoms. The lowest BCUT2D eigenvalue weighted by molar-refractivity contribution is 0.804. The zero-order valence-corrected chi connectivity index (χ0v) is 6.44. The van der Waals surface area contributed by atoms with Crippen LogP contribution < -0.4 is 11.1 Å². The number of nitrogens with two attached hydrogens (primary N) is 1. The fourth-order valence-electron chi connectivity index (χ4n) is 0.919. The first kappa shape index (κ1) is 7.12. The van der Waals surface area contributed by atoms with E-state index in [0.717, 1.165) is 30.2 Å². The van der Waals surface area contributed by atoms with Crippen molar-refractivity contribution in [3.8, 4) is 0 Å². The van der Waals surface area contributed by atoms with E-state index in [9.17, 15) is 0 Å². The standard InChI is InChI=1S/C7H13N3/c1-5-7(8)6(2)10-4-3-9-5/h9H,3-4,8H2,1-2H3. The Hall–Kier alpha value is -0.990. The van der Waals surface area contributed by atoms with E-state index in [-0.39, 0.29) is 0 Å². The third kappa shape index (κ3) is 1.29. The Morgan fingerprint density at radius 2 is 2.20 bits per heavy atom. The number of rotatable bonds is 0. The summed E-state index contributed by atoms with van der Waals surface area (Å²) in [6, 6.07) is 0. The smallest absolute Gasteiger partial charge is 0.0715 e. The molecule has 0 aromatic carbocycles. The molecule has 0 fully saturated rings. The van der Waals surface area contributed by atoms with Gasteiger partial charge in [0, 0.05) is 12.2 Å². The number of allylic oxidation sites excluding steroid dienone is 2. The minimum atomic E-state index is 0.789. The van der Waals surface area contributed by atoms with E-state index in [4.69, 9.17) is 5.73 Å². The van der Waals surface area contributed by atoms with Crippen molar-refractivity contribution in [2.75, 3.05) is 13.1 Å². The van der Waals surface area contributed by atoms with Crippen LogP contribution in [0.2, 0.25) is 0 Å². The minimum Gasteiger partial charge on any atom is -0.396 e. The maximum atomic E-state index is 5.71. The van der Waals surface area contributed by atoms with E-state index in [1.54, 1.807) is 0 Å². The van der Waals surface area contributed by atoms with Crippen molar-refractivity contribution in [1.82, 2.24) is 5.32 Å². The van der Waals surface area contributed by atoms with Crippen LogP contribution in [0.5, 0.6) is 0 Å². The van der Waals surface area contributed by atoms with Crippen molar-refractivity contribution < 1.29 is 0 Å². The van der Waals surface area contributed by atoms with Gasteiger partial charge < -0.3 is 11.1 Å². The molecule has 0 amide bonds. The first-order chi connectivity index (χ1) is 4.72. The summed E-state index contributed by atoms with van der Waals surface area (Å²) in [5.74, 6) is 0. The van der Waals surface area contributed by atoms with E-state index in [1.165, 1.54) is 0 Å². The molecule has 0 spiro atoms. The van der Waals surface area contributed by atoms with Gasteiger partial charge in [0.2, 0.25) is 0 Å². The lowest BCUT2D eigenvalue weighted by Crippen LogP contribution is -2.18. The highest BCUT2D eigenvalue weighted by Gasteiger charge is 2.03. The highest BCUT2D eigenvalue weighted by atomic mass is 15.0. The predicted octanol–water partition coefficient (Wildman–Crippen LogP) is 0.241. The molecule has 0 unspecified atom stereocenters. The van der Waals surface area contributed by atoms with Crippen LogP contribution in [0.4, 0.5) is 0 Å². The molecular weight excluding hydrogens is 126 g/mol. The van der Waals surface area contributed by atoms with Crippen LogP contribution in [-0.2, 0) is 0 Å². The third-order valence-corrected chi connectivity index (χ3v) is 1.64. The van der Waals surface area contributed by atoms with Crippen molar-refractivity contribution in [3.63, 3.8) is 0 Å². The Kier molecular flexibility index (Phi) is 1.94. The maximum absolute atomic E-state index is 5.71. The van der Waals surface area contributed by atoms with E-state index in [2.05, 4.69) is 10.3 Å². The molecule has 1 heterocycles. The van der Waals surface area contributed by atoms with Gasteiger partial charge in [0.15, 0.2) is 0 Å². The molecule has 1 aliphatic rings. The van der Waals surface area contributed by atoms with Crippen LogP contribution in [0.1, 0.15) is 13.8 Å². The molecule has 56 valence electrons. The van der Waals surface area contributed by atoms with Gasteiger partial charge in [-0.2, -0.15) is 0 Å². The molecule has 3 nitrogen and oxygen atoms in total. The summed E-state index contributed by atoms with van der Waals surface area (Å²) >= 11 is 0. The zero-order chi connectivity index (χ0) is 7.56. The Morgan fingerprint density at radius 1 is 1.50 bits per heavy atom. The van der Waals surface area contributed by atoms with Gasteiger partial charge in [-0.05, 0) is 13.8 Å². The Labute approximate surface area is 61.0 Å². The topological polar surface area (TPSA) is 50.4 Å². The van der Waals surface area contributed by atoms with Gasteiger partial charge in [-0.3, -0.25) is 4.99 Å². The number of nitrogens with zero attached hydrogens (tertiary/aromatic N) is 1. The summed E-state index contributed by atoms with van der Waals surface area (Å²) < 4.78 is 0. The molecule has 0 atom stereocenters. The highest BCUT2D eigenvalue weighted by Crippen LogP contribution is 1.99. The average molecular weight is 139 g/mol. The van der Waals surface area contributed by atoms with Crippen LogP contribution >= 0.6 is 0 Å². The Balaban J connectivity index is 2.88. The van der Waals surface area contributed by atoms with Gasteiger partial charge in [0.1, 0.15) is 0 Å². The van der Waals surface area contributed by atoms with E-state index < -0.39 is 0 Å². The van der Waals surface area contributed by atoms with Gasteiger partial charge in [-0.15, -0.1) is 0 Å². The molecule has 1 aliphatic heterocycles. The van der Waals surface area contributed by atoms with E-state index in [1.807, 2.05) is 13.8 Å². The fourth-order valence-corrected chi connectivity index (χ4v) is 0.919. The van der Waals surface area contributed by atoms with Gasteiger partial charge in [-0.25, -0.2) is 0 Å². The Bertz CT molecular complexity index is 191. The third-order valence-electron chi connectivity index (χ3n) is 1.64. The van der Waals surface area contributed by atoms with Gasteiger partial charge >= 0.3 is 0 Å². The largest absolute Gasteiger partial charge is 0.396 e.